The second kappa shape index (κ2) is 7.17. The monoisotopic (exact) mass is 369 g/mol. The van der Waals surface area contributed by atoms with Crippen molar-refractivity contribution < 1.29 is 13.9 Å². The molecule has 1 aliphatic rings. The Kier molecular flexibility index (Phi) is 4.58. The van der Waals surface area contributed by atoms with Crippen molar-refractivity contribution in [3.63, 3.8) is 0 Å². The van der Waals surface area contributed by atoms with Crippen LogP contribution >= 0.6 is 11.6 Å². The molecule has 6 nitrogen and oxygen atoms in total. The molecule has 7 heteroatoms. The number of carbonyl (C=O) groups is 1. The molecule has 0 aliphatic carbocycles. The Balaban J connectivity index is 1.45. The molecule has 0 spiro atoms. The molecule has 0 saturated heterocycles. The summed E-state index contributed by atoms with van der Waals surface area (Å²) < 4.78 is 11.5. The second-order valence-electron chi connectivity index (χ2n) is 5.89. The molecule has 1 amide bonds. The standard InChI is InChI=1S/C19H16ClN3O3/c20-14-7-4-9-21-18(14)19(24)23-10-8-15-16(11-23)26-17(22-15)12-25-13-5-2-1-3-6-13/h1-7,9H,8,10-12H2. The van der Waals surface area contributed by atoms with E-state index in [0.29, 0.717) is 36.2 Å². The minimum Gasteiger partial charge on any atom is -0.484 e. The number of oxazole rings is 1. The zero-order chi connectivity index (χ0) is 17.9. The fourth-order valence-corrected chi connectivity index (χ4v) is 3.04. The average molecular weight is 370 g/mol. The number of para-hydroxylation sites is 1. The Bertz CT molecular complexity index is 927. The predicted octanol–water partition coefficient (Wildman–Crippen LogP) is 3.50. The third-order valence-corrected chi connectivity index (χ3v) is 4.43. The topological polar surface area (TPSA) is 68.5 Å². The van der Waals surface area contributed by atoms with Crippen LogP contribution in [0.15, 0.2) is 53.1 Å². The minimum atomic E-state index is -0.209. The number of nitrogens with zero attached hydrogens (tertiary/aromatic N) is 3. The van der Waals surface area contributed by atoms with Gasteiger partial charge in [0, 0.05) is 19.2 Å². The normalized spacial score (nSPS) is 13.3. The minimum absolute atomic E-state index is 0.209. The van der Waals surface area contributed by atoms with Gasteiger partial charge >= 0.3 is 0 Å². The molecule has 3 heterocycles. The molecule has 1 aliphatic heterocycles. The third kappa shape index (κ3) is 3.41. The van der Waals surface area contributed by atoms with Crippen LogP contribution in [-0.2, 0) is 19.6 Å². The summed E-state index contributed by atoms with van der Waals surface area (Å²) in [5.41, 5.74) is 1.12. The van der Waals surface area contributed by atoms with Gasteiger partial charge in [-0.1, -0.05) is 29.8 Å². The zero-order valence-electron chi connectivity index (χ0n) is 13.9. The van der Waals surface area contributed by atoms with Gasteiger partial charge in [-0.25, -0.2) is 9.97 Å². The van der Waals surface area contributed by atoms with E-state index >= 15 is 0 Å². The summed E-state index contributed by atoms with van der Waals surface area (Å²) in [6.07, 6.45) is 2.18. The van der Waals surface area contributed by atoms with Gasteiger partial charge in [0.25, 0.3) is 5.91 Å². The van der Waals surface area contributed by atoms with Crippen molar-refractivity contribution in [2.45, 2.75) is 19.6 Å². The maximum atomic E-state index is 12.6. The van der Waals surface area contributed by atoms with Gasteiger partial charge in [-0.15, -0.1) is 0 Å². The zero-order valence-corrected chi connectivity index (χ0v) is 14.6. The summed E-state index contributed by atoms with van der Waals surface area (Å²) in [5, 5.41) is 0.345. The first-order valence-corrected chi connectivity index (χ1v) is 8.63. The van der Waals surface area contributed by atoms with Gasteiger partial charge in [-0.05, 0) is 24.3 Å². The van der Waals surface area contributed by atoms with E-state index in [-0.39, 0.29) is 18.2 Å². The van der Waals surface area contributed by atoms with Crippen molar-refractivity contribution in [1.82, 2.24) is 14.9 Å². The van der Waals surface area contributed by atoms with E-state index in [0.717, 1.165) is 11.4 Å². The van der Waals surface area contributed by atoms with Crippen LogP contribution in [0.2, 0.25) is 5.02 Å². The highest BCUT2D eigenvalue weighted by molar-refractivity contribution is 6.33. The number of benzene rings is 1. The molecular formula is C19H16ClN3O3. The summed E-state index contributed by atoms with van der Waals surface area (Å²) in [4.78, 5) is 22.9. The van der Waals surface area contributed by atoms with Crippen molar-refractivity contribution in [3.8, 4) is 5.75 Å². The van der Waals surface area contributed by atoms with Crippen molar-refractivity contribution in [2.75, 3.05) is 6.54 Å². The van der Waals surface area contributed by atoms with Crippen LogP contribution in [0.1, 0.15) is 27.8 Å². The maximum Gasteiger partial charge on any atom is 0.274 e. The lowest BCUT2D eigenvalue weighted by Crippen LogP contribution is -2.36. The van der Waals surface area contributed by atoms with E-state index in [1.165, 1.54) is 0 Å². The van der Waals surface area contributed by atoms with E-state index in [1.807, 2.05) is 30.3 Å². The summed E-state index contributed by atoms with van der Waals surface area (Å²) in [5.74, 6) is 1.73. The van der Waals surface area contributed by atoms with Gasteiger partial charge in [0.2, 0.25) is 5.89 Å². The van der Waals surface area contributed by atoms with Crippen LogP contribution in [0.4, 0.5) is 0 Å². The van der Waals surface area contributed by atoms with Gasteiger partial charge in [0.15, 0.2) is 6.61 Å². The maximum absolute atomic E-state index is 12.6. The first kappa shape index (κ1) is 16.6. The van der Waals surface area contributed by atoms with Crippen molar-refractivity contribution in [2.24, 2.45) is 0 Å². The van der Waals surface area contributed by atoms with Crippen molar-refractivity contribution in [3.05, 3.63) is 76.7 Å². The number of fused-ring (bicyclic) bond motifs is 1. The summed E-state index contributed by atoms with van der Waals surface area (Å²) in [6, 6.07) is 12.8. The average Bonchev–Trinajstić information content (AvgIpc) is 3.09. The molecular weight excluding hydrogens is 354 g/mol. The number of pyridine rings is 1. The highest BCUT2D eigenvalue weighted by atomic mass is 35.5. The van der Waals surface area contributed by atoms with Gasteiger partial charge in [0.05, 0.1) is 17.3 Å². The molecule has 3 aromatic rings. The lowest BCUT2D eigenvalue weighted by Gasteiger charge is -2.25. The van der Waals surface area contributed by atoms with Crippen molar-refractivity contribution >= 4 is 17.5 Å². The molecule has 2 aromatic heterocycles. The largest absolute Gasteiger partial charge is 0.484 e. The van der Waals surface area contributed by atoms with Crippen LogP contribution < -0.4 is 4.74 Å². The molecule has 0 saturated carbocycles. The van der Waals surface area contributed by atoms with Crippen LogP contribution in [0, 0.1) is 0 Å². The molecule has 0 atom stereocenters. The number of carbonyl (C=O) groups excluding carboxylic acids is 1. The highest BCUT2D eigenvalue weighted by Crippen LogP contribution is 2.23. The van der Waals surface area contributed by atoms with E-state index in [2.05, 4.69) is 9.97 Å². The molecule has 132 valence electrons. The van der Waals surface area contributed by atoms with E-state index in [4.69, 9.17) is 20.8 Å². The number of rotatable bonds is 4. The number of amides is 1. The lowest BCUT2D eigenvalue weighted by molar-refractivity contribution is 0.0712. The SMILES string of the molecule is O=C(c1ncccc1Cl)N1CCc2nc(COc3ccccc3)oc2C1. The number of aromatic nitrogens is 2. The molecule has 0 N–H and O–H groups in total. The summed E-state index contributed by atoms with van der Waals surface area (Å²) in [6.45, 7) is 1.14. The molecule has 0 radical (unpaired) electrons. The van der Waals surface area contributed by atoms with Gasteiger partial charge in [0.1, 0.15) is 17.2 Å². The number of hydrogen-bond acceptors (Lipinski definition) is 5. The summed E-state index contributed by atoms with van der Waals surface area (Å²) >= 11 is 6.08. The molecule has 0 bridgehead atoms. The van der Waals surface area contributed by atoms with Crippen molar-refractivity contribution in [1.29, 1.82) is 0 Å². The van der Waals surface area contributed by atoms with Gasteiger partial charge < -0.3 is 14.1 Å². The van der Waals surface area contributed by atoms with Gasteiger partial charge in [-0.2, -0.15) is 0 Å². The Labute approximate surface area is 155 Å². The Hall–Kier alpha value is -2.86. The predicted molar refractivity (Wildman–Crippen MR) is 95.0 cm³/mol. The Morgan fingerprint density at radius 2 is 2.08 bits per heavy atom. The van der Waals surface area contributed by atoms with E-state index < -0.39 is 0 Å². The first-order valence-electron chi connectivity index (χ1n) is 8.26. The van der Waals surface area contributed by atoms with Crippen LogP contribution in [0.5, 0.6) is 5.75 Å². The molecule has 4 rings (SSSR count). The molecule has 26 heavy (non-hydrogen) atoms. The van der Waals surface area contributed by atoms with E-state index in [1.54, 1.807) is 23.2 Å². The molecule has 0 unspecified atom stereocenters. The van der Waals surface area contributed by atoms with Crippen LogP contribution in [0.25, 0.3) is 0 Å². The second-order valence-corrected chi connectivity index (χ2v) is 6.30. The third-order valence-electron chi connectivity index (χ3n) is 4.13. The van der Waals surface area contributed by atoms with Crippen LogP contribution in [-0.4, -0.2) is 27.3 Å². The number of ether oxygens (including phenoxy) is 1. The van der Waals surface area contributed by atoms with Crippen LogP contribution in [0.3, 0.4) is 0 Å². The molecule has 0 fully saturated rings. The van der Waals surface area contributed by atoms with Gasteiger partial charge in [-0.3, -0.25) is 4.79 Å². The first-order chi connectivity index (χ1) is 12.7. The fraction of sp³-hybridized carbons (Fsp3) is 0.211. The lowest BCUT2D eigenvalue weighted by atomic mass is 10.1. The highest BCUT2D eigenvalue weighted by Gasteiger charge is 2.27. The number of hydrogen-bond donors (Lipinski definition) is 0. The fourth-order valence-electron chi connectivity index (χ4n) is 2.84. The van der Waals surface area contributed by atoms with E-state index in [9.17, 15) is 4.79 Å². The Morgan fingerprint density at radius 1 is 1.23 bits per heavy atom. The summed E-state index contributed by atoms with van der Waals surface area (Å²) in [7, 11) is 0. The quantitative estimate of drug-likeness (QED) is 0.704. The number of halogens is 1. The Morgan fingerprint density at radius 3 is 2.88 bits per heavy atom. The smallest absolute Gasteiger partial charge is 0.274 e. The molecule has 1 aromatic carbocycles.